The zero-order valence-corrected chi connectivity index (χ0v) is 15.9. The van der Waals surface area contributed by atoms with E-state index in [9.17, 15) is 9.18 Å². The van der Waals surface area contributed by atoms with Gasteiger partial charge < -0.3 is 0 Å². The molecule has 0 saturated carbocycles. The fourth-order valence-electron chi connectivity index (χ4n) is 3.54. The Kier molecular flexibility index (Phi) is 4.78. The van der Waals surface area contributed by atoms with E-state index in [1.54, 1.807) is 16.7 Å². The lowest BCUT2D eigenvalue weighted by atomic mass is 10.0. The molecular formula is C24H21FN2O. The molecule has 0 unspecified atom stereocenters. The minimum absolute atomic E-state index is 0.0531. The standard InChI is InChI=1S/C24H21FN2O/c1-16-7-12-20(17(2)15-16)23-26-22-6-4-3-5-21(22)24(28)27(23)14-13-18-8-10-19(25)11-9-18/h3-12,15H,13-14H2,1-2H3. The Balaban J connectivity index is 1.85. The number of fused-ring (bicyclic) bond motifs is 1. The number of aryl methyl sites for hydroxylation is 3. The first-order valence-corrected chi connectivity index (χ1v) is 9.34. The summed E-state index contributed by atoms with van der Waals surface area (Å²) in [7, 11) is 0. The second kappa shape index (κ2) is 7.39. The van der Waals surface area contributed by atoms with Crippen molar-refractivity contribution in [3.63, 3.8) is 0 Å². The topological polar surface area (TPSA) is 34.9 Å². The number of hydrogen-bond acceptors (Lipinski definition) is 2. The van der Waals surface area contributed by atoms with Crippen LogP contribution in [0.1, 0.15) is 16.7 Å². The summed E-state index contributed by atoms with van der Waals surface area (Å²) in [6, 6.07) is 20.0. The van der Waals surface area contributed by atoms with Crippen molar-refractivity contribution in [2.75, 3.05) is 0 Å². The Morgan fingerprint density at radius 1 is 0.964 bits per heavy atom. The first-order valence-electron chi connectivity index (χ1n) is 9.34. The highest BCUT2D eigenvalue weighted by molar-refractivity contribution is 5.80. The van der Waals surface area contributed by atoms with Crippen LogP contribution in [-0.4, -0.2) is 9.55 Å². The minimum Gasteiger partial charge on any atom is -0.292 e. The third-order valence-corrected chi connectivity index (χ3v) is 5.02. The largest absolute Gasteiger partial charge is 0.292 e. The van der Waals surface area contributed by atoms with E-state index in [2.05, 4.69) is 6.07 Å². The highest BCUT2D eigenvalue weighted by atomic mass is 19.1. The van der Waals surface area contributed by atoms with Gasteiger partial charge in [-0.3, -0.25) is 9.36 Å². The molecule has 28 heavy (non-hydrogen) atoms. The lowest BCUT2D eigenvalue weighted by molar-refractivity contribution is 0.624. The molecule has 0 amide bonds. The first-order chi connectivity index (χ1) is 13.5. The van der Waals surface area contributed by atoms with Crippen molar-refractivity contribution in [1.29, 1.82) is 0 Å². The molecule has 4 aromatic rings. The number of aromatic nitrogens is 2. The SMILES string of the molecule is Cc1ccc(-c2nc3ccccc3c(=O)n2CCc2ccc(F)cc2)c(C)c1. The van der Waals surface area contributed by atoms with Gasteiger partial charge in [0.1, 0.15) is 11.6 Å². The Labute approximate surface area is 163 Å². The van der Waals surface area contributed by atoms with Crippen molar-refractivity contribution in [3.05, 3.63) is 99.6 Å². The molecule has 0 radical (unpaired) electrons. The molecule has 0 fully saturated rings. The van der Waals surface area contributed by atoms with Crippen LogP contribution in [0.4, 0.5) is 4.39 Å². The molecule has 0 aliphatic rings. The molecule has 0 atom stereocenters. The highest BCUT2D eigenvalue weighted by Gasteiger charge is 2.14. The minimum atomic E-state index is -0.260. The molecular weight excluding hydrogens is 351 g/mol. The number of nitrogens with zero attached hydrogens (tertiary/aromatic N) is 2. The van der Waals surface area contributed by atoms with Crippen LogP contribution in [0.15, 0.2) is 71.5 Å². The fourth-order valence-corrected chi connectivity index (χ4v) is 3.54. The van der Waals surface area contributed by atoms with Gasteiger partial charge in [-0.15, -0.1) is 0 Å². The predicted octanol–water partition coefficient (Wildman–Crippen LogP) is 5.06. The van der Waals surface area contributed by atoms with Crippen LogP contribution in [0.5, 0.6) is 0 Å². The van der Waals surface area contributed by atoms with E-state index in [1.807, 2.05) is 50.2 Å². The van der Waals surface area contributed by atoms with Gasteiger partial charge in [0.2, 0.25) is 0 Å². The Morgan fingerprint density at radius 2 is 1.71 bits per heavy atom. The Morgan fingerprint density at radius 3 is 2.46 bits per heavy atom. The summed E-state index contributed by atoms with van der Waals surface area (Å²) >= 11 is 0. The molecule has 3 aromatic carbocycles. The van der Waals surface area contributed by atoms with Crippen LogP contribution in [0.3, 0.4) is 0 Å². The summed E-state index contributed by atoms with van der Waals surface area (Å²) < 4.78 is 14.9. The van der Waals surface area contributed by atoms with Gasteiger partial charge in [0.25, 0.3) is 5.56 Å². The normalized spacial score (nSPS) is 11.1. The number of benzene rings is 3. The second-order valence-electron chi connectivity index (χ2n) is 7.10. The number of hydrogen-bond donors (Lipinski definition) is 0. The smallest absolute Gasteiger partial charge is 0.261 e. The van der Waals surface area contributed by atoms with Gasteiger partial charge in [0, 0.05) is 12.1 Å². The third-order valence-electron chi connectivity index (χ3n) is 5.02. The summed E-state index contributed by atoms with van der Waals surface area (Å²) in [6.45, 7) is 4.56. The molecule has 1 aromatic heterocycles. The summed E-state index contributed by atoms with van der Waals surface area (Å²) in [6.07, 6.45) is 0.623. The molecule has 0 N–H and O–H groups in total. The van der Waals surface area contributed by atoms with E-state index >= 15 is 0 Å². The fraction of sp³-hybridized carbons (Fsp3) is 0.167. The van der Waals surface area contributed by atoms with Gasteiger partial charge in [-0.25, -0.2) is 9.37 Å². The first kappa shape index (κ1) is 18.1. The Hall–Kier alpha value is -3.27. The van der Waals surface area contributed by atoms with E-state index in [1.165, 1.54) is 17.7 Å². The van der Waals surface area contributed by atoms with Gasteiger partial charge in [-0.2, -0.15) is 0 Å². The molecule has 0 bridgehead atoms. The molecule has 0 aliphatic heterocycles. The maximum atomic E-state index is 13.2. The lowest BCUT2D eigenvalue weighted by Crippen LogP contribution is -2.24. The van der Waals surface area contributed by atoms with Crippen molar-refractivity contribution in [3.8, 4) is 11.4 Å². The van der Waals surface area contributed by atoms with Crippen molar-refractivity contribution < 1.29 is 4.39 Å². The van der Waals surface area contributed by atoms with Gasteiger partial charge >= 0.3 is 0 Å². The molecule has 0 spiro atoms. The van der Waals surface area contributed by atoms with Crippen molar-refractivity contribution in [2.24, 2.45) is 0 Å². The van der Waals surface area contributed by atoms with Gasteiger partial charge in [-0.1, -0.05) is 48.0 Å². The number of halogens is 1. The molecule has 4 rings (SSSR count). The average Bonchev–Trinajstić information content (AvgIpc) is 2.69. The zero-order valence-electron chi connectivity index (χ0n) is 15.9. The van der Waals surface area contributed by atoms with Crippen LogP contribution in [0.25, 0.3) is 22.3 Å². The van der Waals surface area contributed by atoms with E-state index in [0.29, 0.717) is 29.7 Å². The van der Waals surface area contributed by atoms with Crippen LogP contribution < -0.4 is 5.56 Å². The van der Waals surface area contributed by atoms with Crippen molar-refractivity contribution in [1.82, 2.24) is 9.55 Å². The van der Waals surface area contributed by atoms with E-state index in [4.69, 9.17) is 4.98 Å². The summed E-state index contributed by atoms with van der Waals surface area (Å²) in [5.74, 6) is 0.410. The van der Waals surface area contributed by atoms with Crippen molar-refractivity contribution >= 4 is 10.9 Å². The predicted molar refractivity (Wildman–Crippen MR) is 111 cm³/mol. The van der Waals surface area contributed by atoms with Gasteiger partial charge in [0.15, 0.2) is 0 Å². The third kappa shape index (κ3) is 3.46. The van der Waals surface area contributed by atoms with Gasteiger partial charge in [-0.05, 0) is 55.7 Å². The van der Waals surface area contributed by atoms with Crippen LogP contribution in [-0.2, 0) is 13.0 Å². The summed E-state index contributed by atoms with van der Waals surface area (Å²) in [5.41, 5.74) is 4.82. The maximum absolute atomic E-state index is 13.2. The van der Waals surface area contributed by atoms with E-state index in [0.717, 1.165) is 16.7 Å². The highest BCUT2D eigenvalue weighted by Crippen LogP contribution is 2.24. The average molecular weight is 372 g/mol. The second-order valence-corrected chi connectivity index (χ2v) is 7.10. The molecule has 1 heterocycles. The Bertz CT molecular complexity index is 1210. The molecule has 4 heteroatoms. The van der Waals surface area contributed by atoms with Crippen LogP contribution in [0, 0.1) is 19.7 Å². The summed E-state index contributed by atoms with van der Waals surface area (Å²) in [5, 5.41) is 0.607. The van der Waals surface area contributed by atoms with Gasteiger partial charge in [0.05, 0.1) is 10.9 Å². The lowest BCUT2D eigenvalue weighted by Gasteiger charge is -2.16. The molecule has 140 valence electrons. The quantitative estimate of drug-likeness (QED) is 0.502. The van der Waals surface area contributed by atoms with Crippen LogP contribution in [0.2, 0.25) is 0 Å². The zero-order chi connectivity index (χ0) is 19.7. The number of rotatable bonds is 4. The summed E-state index contributed by atoms with van der Waals surface area (Å²) in [4.78, 5) is 18.1. The monoisotopic (exact) mass is 372 g/mol. The van der Waals surface area contributed by atoms with E-state index < -0.39 is 0 Å². The molecule has 0 aliphatic carbocycles. The van der Waals surface area contributed by atoms with E-state index in [-0.39, 0.29) is 11.4 Å². The van der Waals surface area contributed by atoms with Crippen LogP contribution >= 0.6 is 0 Å². The number of para-hydroxylation sites is 1. The molecule has 3 nitrogen and oxygen atoms in total. The molecule has 0 saturated heterocycles. The maximum Gasteiger partial charge on any atom is 0.261 e. The van der Waals surface area contributed by atoms with Crippen molar-refractivity contribution in [2.45, 2.75) is 26.8 Å².